The van der Waals surface area contributed by atoms with E-state index >= 15 is 0 Å². The molecule has 0 saturated carbocycles. The van der Waals surface area contributed by atoms with Crippen LogP contribution < -0.4 is 11.2 Å². The summed E-state index contributed by atoms with van der Waals surface area (Å²) in [6, 6.07) is 4.93. The van der Waals surface area contributed by atoms with E-state index in [4.69, 9.17) is 21.8 Å². The summed E-state index contributed by atoms with van der Waals surface area (Å²) in [7, 11) is 0. The zero-order valence-electron chi connectivity index (χ0n) is 7.29. The Morgan fingerprint density at radius 1 is 1.43 bits per heavy atom. The topological polar surface area (TPSA) is 56.2 Å². The Bertz CT molecular complexity index is 533. The van der Waals surface area contributed by atoms with Gasteiger partial charge in [0, 0.05) is 17.1 Å². The number of rotatable bonds is 1. The molecule has 0 bridgehead atoms. The van der Waals surface area contributed by atoms with Crippen molar-refractivity contribution in [2.24, 2.45) is 5.73 Å². The smallest absolute Gasteiger partial charge is 0.197 e. The zero-order chi connectivity index (χ0) is 10.1. The van der Waals surface area contributed by atoms with Gasteiger partial charge in [0.1, 0.15) is 5.58 Å². The molecular weight excluding hydrogens is 202 g/mol. The minimum atomic E-state index is -0.115. The summed E-state index contributed by atoms with van der Waals surface area (Å²) in [5.74, 6) is 0. The summed E-state index contributed by atoms with van der Waals surface area (Å²) < 4.78 is 5.23. The molecule has 1 heterocycles. The summed E-state index contributed by atoms with van der Waals surface area (Å²) in [5, 5.41) is 0.986. The van der Waals surface area contributed by atoms with Crippen molar-refractivity contribution < 1.29 is 4.42 Å². The van der Waals surface area contributed by atoms with Crippen LogP contribution in [-0.4, -0.2) is 0 Å². The molecule has 0 saturated heterocycles. The van der Waals surface area contributed by atoms with Crippen LogP contribution >= 0.6 is 11.6 Å². The molecular formula is C10H8ClNO2. The highest BCUT2D eigenvalue weighted by molar-refractivity contribution is 6.31. The Labute approximate surface area is 85.1 Å². The molecule has 0 fully saturated rings. The molecule has 2 rings (SSSR count). The van der Waals surface area contributed by atoms with Crippen molar-refractivity contribution in [1.82, 2.24) is 0 Å². The fourth-order valence-corrected chi connectivity index (χ4v) is 1.46. The molecule has 1 aromatic carbocycles. The molecule has 4 heteroatoms. The Kier molecular flexibility index (Phi) is 2.27. The maximum Gasteiger partial charge on any atom is 0.197 e. The first-order valence-corrected chi connectivity index (χ1v) is 4.50. The van der Waals surface area contributed by atoms with E-state index in [0.29, 0.717) is 21.6 Å². The minimum Gasteiger partial charge on any atom is -0.464 e. The van der Waals surface area contributed by atoms with Gasteiger partial charge in [0.05, 0.1) is 11.6 Å². The highest BCUT2D eigenvalue weighted by atomic mass is 35.5. The molecule has 1 aromatic heterocycles. The number of hydrogen-bond donors (Lipinski definition) is 1. The van der Waals surface area contributed by atoms with Crippen LogP contribution in [0, 0.1) is 0 Å². The van der Waals surface area contributed by atoms with Gasteiger partial charge in [0.15, 0.2) is 5.43 Å². The number of hydrogen-bond acceptors (Lipinski definition) is 3. The van der Waals surface area contributed by atoms with Gasteiger partial charge in [-0.1, -0.05) is 11.6 Å². The van der Waals surface area contributed by atoms with Crippen LogP contribution in [-0.2, 0) is 6.54 Å². The van der Waals surface area contributed by atoms with E-state index in [9.17, 15) is 4.79 Å². The van der Waals surface area contributed by atoms with Gasteiger partial charge in [0.25, 0.3) is 0 Å². The van der Waals surface area contributed by atoms with Gasteiger partial charge >= 0.3 is 0 Å². The molecule has 2 aromatic rings. The number of nitrogens with two attached hydrogens (primary N) is 1. The lowest BCUT2D eigenvalue weighted by molar-refractivity contribution is 0.593. The Hall–Kier alpha value is -1.32. The molecule has 0 amide bonds. The van der Waals surface area contributed by atoms with E-state index in [-0.39, 0.29) is 12.0 Å². The number of fused-ring (bicyclic) bond motifs is 1. The molecule has 2 N–H and O–H groups in total. The van der Waals surface area contributed by atoms with Gasteiger partial charge in [-0.2, -0.15) is 0 Å². The predicted octanol–water partition coefficient (Wildman–Crippen LogP) is 1.91. The van der Waals surface area contributed by atoms with Gasteiger partial charge in [-0.05, 0) is 18.2 Å². The molecule has 3 nitrogen and oxygen atoms in total. The summed E-state index contributed by atoms with van der Waals surface area (Å²) in [4.78, 5) is 11.7. The van der Waals surface area contributed by atoms with E-state index in [1.807, 2.05) is 0 Å². The van der Waals surface area contributed by atoms with Crippen LogP contribution in [0.15, 0.2) is 33.7 Å². The van der Waals surface area contributed by atoms with Crippen LogP contribution in [0.3, 0.4) is 0 Å². The summed E-state index contributed by atoms with van der Waals surface area (Å²) in [6.45, 7) is 0.171. The normalized spacial score (nSPS) is 10.7. The zero-order valence-corrected chi connectivity index (χ0v) is 8.04. The molecule has 0 spiro atoms. The van der Waals surface area contributed by atoms with E-state index in [1.165, 1.54) is 6.26 Å². The Balaban J connectivity index is 2.87. The molecule has 0 atom stereocenters. The van der Waals surface area contributed by atoms with Crippen LogP contribution in [0.1, 0.15) is 5.56 Å². The van der Waals surface area contributed by atoms with Crippen LogP contribution in [0.4, 0.5) is 0 Å². The standard InChI is InChI=1S/C10H8ClNO2/c11-7-1-2-9-8(3-7)10(13)6(4-12)5-14-9/h1-3,5H,4,12H2. The highest BCUT2D eigenvalue weighted by Gasteiger charge is 2.05. The molecule has 72 valence electrons. The second kappa shape index (κ2) is 3.44. The Morgan fingerprint density at radius 3 is 2.93 bits per heavy atom. The first-order valence-electron chi connectivity index (χ1n) is 4.12. The largest absolute Gasteiger partial charge is 0.464 e. The van der Waals surface area contributed by atoms with Crippen molar-refractivity contribution in [3.63, 3.8) is 0 Å². The number of benzene rings is 1. The molecule has 0 radical (unpaired) electrons. The average Bonchev–Trinajstić information content (AvgIpc) is 2.20. The van der Waals surface area contributed by atoms with E-state index in [1.54, 1.807) is 18.2 Å². The summed E-state index contributed by atoms with van der Waals surface area (Å²) >= 11 is 5.77. The quantitative estimate of drug-likeness (QED) is 0.781. The molecule has 0 aliphatic carbocycles. The van der Waals surface area contributed by atoms with Gasteiger partial charge in [-0.15, -0.1) is 0 Å². The molecule has 0 aliphatic rings. The maximum atomic E-state index is 11.7. The van der Waals surface area contributed by atoms with Crippen LogP contribution in [0.5, 0.6) is 0 Å². The Morgan fingerprint density at radius 2 is 2.21 bits per heavy atom. The van der Waals surface area contributed by atoms with E-state index in [0.717, 1.165) is 0 Å². The monoisotopic (exact) mass is 209 g/mol. The van der Waals surface area contributed by atoms with Crippen molar-refractivity contribution in [1.29, 1.82) is 0 Å². The van der Waals surface area contributed by atoms with E-state index in [2.05, 4.69) is 0 Å². The summed E-state index contributed by atoms with van der Waals surface area (Å²) in [6.07, 6.45) is 1.39. The highest BCUT2D eigenvalue weighted by Crippen LogP contribution is 2.16. The van der Waals surface area contributed by atoms with E-state index < -0.39 is 0 Å². The fraction of sp³-hybridized carbons (Fsp3) is 0.100. The first-order chi connectivity index (χ1) is 6.72. The number of halogens is 1. The first kappa shape index (κ1) is 9.24. The second-order valence-electron chi connectivity index (χ2n) is 2.93. The summed E-state index contributed by atoms with van der Waals surface area (Å²) in [5.41, 5.74) is 6.25. The lowest BCUT2D eigenvalue weighted by atomic mass is 10.2. The SMILES string of the molecule is NCc1coc2ccc(Cl)cc2c1=O. The molecule has 0 aliphatic heterocycles. The van der Waals surface area contributed by atoms with Gasteiger partial charge in [-0.25, -0.2) is 0 Å². The third-order valence-corrected chi connectivity index (χ3v) is 2.26. The van der Waals surface area contributed by atoms with Gasteiger partial charge in [0.2, 0.25) is 0 Å². The third-order valence-electron chi connectivity index (χ3n) is 2.03. The van der Waals surface area contributed by atoms with Crippen molar-refractivity contribution in [2.45, 2.75) is 6.54 Å². The van der Waals surface area contributed by atoms with Crippen LogP contribution in [0.25, 0.3) is 11.0 Å². The van der Waals surface area contributed by atoms with Crippen molar-refractivity contribution in [2.75, 3.05) is 0 Å². The van der Waals surface area contributed by atoms with Crippen molar-refractivity contribution >= 4 is 22.6 Å². The minimum absolute atomic E-state index is 0.115. The van der Waals surface area contributed by atoms with Crippen molar-refractivity contribution in [3.8, 4) is 0 Å². The second-order valence-corrected chi connectivity index (χ2v) is 3.37. The lowest BCUT2D eigenvalue weighted by Gasteiger charge is -1.99. The predicted molar refractivity (Wildman–Crippen MR) is 55.4 cm³/mol. The van der Waals surface area contributed by atoms with Gasteiger partial charge < -0.3 is 10.2 Å². The van der Waals surface area contributed by atoms with Gasteiger partial charge in [-0.3, -0.25) is 4.79 Å². The third kappa shape index (κ3) is 1.41. The molecule has 14 heavy (non-hydrogen) atoms. The lowest BCUT2D eigenvalue weighted by Crippen LogP contribution is -2.12. The molecule has 0 unspecified atom stereocenters. The average molecular weight is 210 g/mol. The van der Waals surface area contributed by atoms with Crippen molar-refractivity contribution in [3.05, 3.63) is 45.3 Å². The fourth-order valence-electron chi connectivity index (χ4n) is 1.28. The maximum absolute atomic E-state index is 11.7. The van der Waals surface area contributed by atoms with Crippen LogP contribution in [0.2, 0.25) is 5.02 Å².